The first-order valence-electron chi connectivity index (χ1n) is 7.39. The van der Waals surface area contributed by atoms with E-state index in [1.165, 1.54) is 0 Å². The highest BCUT2D eigenvalue weighted by Crippen LogP contribution is 2.40. The molecule has 5 heteroatoms. The molecule has 4 nitrogen and oxygen atoms in total. The molecule has 2 atom stereocenters. The van der Waals surface area contributed by atoms with Crippen molar-refractivity contribution in [2.45, 2.75) is 44.7 Å². The van der Waals surface area contributed by atoms with Gasteiger partial charge in [-0.05, 0) is 30.4 Å². The third-order valence-corrected chi connectivity index (χ3v) is 5.44. The standard InChI is InChI=1S/C16H19BrN2O2/c1-11-5-4-8-16(9-11)14(20)18-15(21)19(16)10-12-6-2-3-7-13(12)17/h2-3,6-7,11H,4-5,8-10H2,1H3,(H,18,20,21). The second kappa shape index (κ2) is 5.44. The van der Waals surface area contributed by atoms with Gasteiger partial charge in [-0.3, -0.25) is 10.1 Å². The normalized spacial score (nSPS) is 29.0. The van der Waals surface area contributed by atoms with E-state index in [1.54, 1.807) is 4.90 Å². The van der Waals surface area contributed by atoms with Crippen molar-refractivity contribution in [1.29, 1.82) is 0 Å². The Morgan fingerprint density at radius 3 is 2.86 bits per heavy atom. The Morgan fingerprint density at radius 2 is 2.14 bits per heavy atom. The number of carbonyl (C=O) groups excluding carboxylic acids is 2. The van der Waals surface area contributed by atoms with E-state index in [2.05, 4.69) is 28.2 Å². The zero-order chi connectivity index (χ0) is 15.0. The molecule has 0 aromatic heterocycles. The number of urea groups is 1. The molecular weight excluding hydrogens is 332 g/mol. The maximum Gasteiger partial charge on any atom is 0.325 e. The van der Waals surface area contributed by atoms with E-state index in [-0.39, 0.29) is 11.9 Å². The average Bonchev–Trinajstić information content (AvgIpc) is 2.65. The molecule has 2 fully saturated rings. The first-order valence-corrected chi connectivity index (χ1v) is 8.19. The van der Waals surface area contributed by atoms with Crippen LogP contribution in [0.25, 0.3) is 0 Å². The zero-order valence-electron chi connectivity index (χ0n) is 12.1. The van der Waals surface area contributed by atoms with Crippen molar-refractivity contribution in [2.24, 2.45) is 5.92 Å². The summed E-state index contributed by atoms with van der Waals surface area (Å²) in [6.07, 6.45) is 3.65. The Bertz CT molecular complexity index is 589. The minimum atomic E-state index is -0.649. The van der Waals surface area contributed by atoms with Crippen LogP contribution in [0.5, 0.6) is 0 Å². The monoisotopic (exact) mass is 350 g/mol. The first-order chi connectivity index (χ1) is 10.0. The Labute approximate surface area is 133 Å². The largest absolute Gasteiger partial charge is 0.325 e. The Kier molecular flexibility index (Phi) is 3.78. The molecule has 1 aliphatic heterocycles. The fraction of sp³-hybridized carbons (Fsp3) is 0.500. The van der Waals surface area contributed by atoms with Gasteiger partial charge in [-0.25, -0.2) is 4.79 Å². The SMILES string of the molecule is CC1CCCC2(C1)C(=O)NC(=O)N2Cc1ccccc1Br. The van der Waals surface area contributed by atoms with Crippen LogP contribution < -0.4 is 5.32 Å². The van der Waals surface area contributed by atoms with Crippen LogP contribution in [0, 0.1) is 5.92 Å². The minimum absolute atomic E-state index is 0.119. The lowest BCUT2D eigenvalue weighted by atomic mass is 9.75. The molecule has 3 rings (SSSR count). The van der Waals surface area contributed by atoms with Crippen molar-refractivity contribution in [3.8, 4) is 0 Å². The number of halogens is 1. The maximum atomic E-state index is 12.4. The summed E-state index contributed by atoms with van der Waals surface area (Å²) in [5.41, 5.74) is 0.379. The molecule has 21 heavy (non-hydrogen) atoms. The van der Waals surface area contributed by atoms with Gasteiger partial charge in [0.05, 0.1) is 0 Å². The lowest BCUT2D eigenvalue weighted by Gasteiger charge is -2.40. The van der Waals surface area contributed by atoms with Crippen molar-refractivity contribution in [1.82, 2.24) is 10.2 Å². The molecule has 1 aliphatic carbocycles. The van der Waals surface area contributed by atoms with Gasteiger partial charge in [-0.15, -0.1) is 0 Å². The van der Waals surface area contributed by atoms with Gasteiger partial charge in [-0.1, -0.05) is 53.9 Å². The third-order valence-electron chi connectivity index (χ3n) is 4.66. The van der Waals surface area contributed by atoms with Crippen LogP contribution in [0.15, 0.2) is 28.7 Å². The van der Waals surface area contributed by atoms with Crippen LogP contribution in [-0.2, 0) is 11.3 Å². The summed E-state index contributed by atoms with van der Waals surface area (Å²) < 4.78 is 0.969. The van der Waals surface area contributed by atoms with Crippen LogP contribution in [0.3, 0.4) is 0 Å². The summed E-state index contributed by atoms with van der Waals surface area (Å²) in [4.78, 5) is 26.4. The number of imide groups is 1. The second-order valence-corrected chi connectivity index (χ2v) is 7.02. The molecule has 0 bridgehead atoms. The molecular formula is C16H19BrN2O2. The Hall–Kier alpha value is -1.36. The van der Waals surface area contributed by atoms with Crippen molar-refractivity contribution < 1.29 is 9.59 Å². The van der Waals surface area contributed by atoms with Gasteiger partial charge >= 0.3 is 6.03 Å². The fourth-order valence-corrected chi connectivity index (χ4v) is 4.00. The first kappa shape index (κ1) is 14.6. The minimum Gasteiger partial charge on any atom is -0.305 e. The number of benzene rings is 1. The number of nitrogens with one attached hydrogen (secondary N) is 1. The maximum absolute atomic E-state index is 12.4. The number of carbonyl (C=O) groups is 2. The van der Waals surface area contributed by atoms with Gasteiger partial charge in [0.1, 0.15) is 5.54 Å². The van der Waals surface area contributed by atoms with Gasteiger partial charge in [0.25, 0.3) is 5.91 Å². The van der Waals surface area contributed by atoms with Crippen molar-refractivity contribution in [3.05, 3.63) is 34.3 Å². The lowest BCUT2D eigenvalue weighted by molar-refractivity contribution is -0.129. The zero-order valence-corrected chi connectivity index (χ0v) is 13.6. The fourth-order valence-electron chi connectivity index (χ4n) is 3.59. The van der Waals surface area contributed by atoms with E-state index >= 15 is 0 Å². The Balaban J connectivity index is 1.93. The summed E-state index contributed by atoms with van der Waals surface area (Å²) in [5, 5.41) is 2.52. The number of nitrogens with zero attached hydrogens (tertiary/aromatic N) is 1. The average molecular weight is 351 g/mol. The second-order valence-electron chi connectivity index (χ2n) is 6.17. The molecule has 1 aromatic rings. The van der Waals surface area contributed by atoms with Crippen molar-refractivity contribution in [3.63, 3.8) is 0 Å². The quantitative estimate of drug-likeness (QED) is 0.830. The van der Waals surface area contributed by atoms with E-state index in [0.29, 0.717) is 12.5 Å². The summed E-state index contributed by atoms with van der Waals surface area (Å²) in [6, 6.07) is 7.58. The highest BCUT2D eigenvalue weighted by molar-refractivity contribution is 9.10. The number of hydrogen-bond donors (Lipinski definition) is 1. The smallest absolute Gasteiger partial charge is 0.305 e. The Morgan fingerprint density at radius 1 is 1.38 bits per heavy atom. The summed E-state index contributed by atoms with van der Waals surface area (Å²) in [6.45, 7) is 2.62. The van der Waals surface area contributed by atoms with Gasteiger partial charge in [0.15, 0.2) is 0 Å². The summed E-state index contributed by atoms with van der Waals surface area (Å²) >= 11 is 3.52. The van der Waals surface area contributed by atoms with Gasteiger partial charge in [0, 0.05) is 11.0 Å². The predicted molar refractivity (Wildman–Crippen MR) is 83.6 cm³/mol. The predicted octanol–water partition coefficient (Wildman–Crippen LogP) is 3.45. The summed E-state index contributed by atoms with van der Waals surface area (Å²) in [7, 11) is 0. The topological polar surface area (TPSA) is 49.4 Å². The van der Waals surface area contributed by atoms with Crippen molar-refractivity contribution >= 4 is 27.9 Å². The number of hydrogen-bond acceptors (Lipinski definition) is 2. The van der Waals surface area contributed by atoms with Crippen LogP contribution in [0.1, 0.15) is 38.2 Å². The van der Waals surface area contributed by atoms with Gasteiger partial charge in [-0.2, -0.15) is 0 Å². The number of amides is 3. The van der Waals surface area contributed by atoms with Crippen LogP contribution >= 0.6 is 15.9 Å². The number of rotatable bonds is 2. The molecule has 1 saturated carbocycles. The highest BCUT2D eigenvalue weighted by atomic mass is 79.9. The lowest BCUT2D eigenvalue weighted by Crippen LogP contribution is -2.52. The molecule has 0 radical (unpaired) electrons. The van der Waals surface area contributed by atoms with Gasteiger partial charge < -0.3 is 4.90 Å². The third kappa shape index (κ3) is 2.48. The highest BCUT2D eigenvalue weighted by Gasteiger charge is 2.54. The molecule has 1 heterocycles. The molecule has 1 aromatic carbocycles. The summed E-state index contributed by atoms with van der Waals surface area (Å²) in [5.74, 6) is 0.350. The van der Waals surface area contributed by atoms with Crippen molar-refractivity contribution in [2.75, 3.05) is 0 Å². The van der Waals surface area contributed by atoms with Crippen LogP contribution in [0.4, 0.5) is 4.79 Å². The van der Waals surface area contributed by atoms with E-state index in [4.69, 9.17) is 0 Å². The van der Waals surface area contributed by atoms with Gasteiger partial charge in [0.2, 0.25) is 0 Å². The van der Waals surface area contributed by atoms with E-state index in [9.17, 15) is 9.59 Å². The molecule has 1 saturated heterocycles. The van der Waals surface area contributed by atoms with E-state index < -0.39 is 5.54 Å². The molecule has 2 unspecified atom stereocenters. The van der Waals surface area contributed by atoms with E-state index in [1.807, 2.05) is 24.3 Å². The van der Waals surface area contributed by atoms with E-state index in [0.717, 1.165) is 35.7 Å². The molecule has 3 amide bonds. The van der Waals surface area contributed by atoms with Crippen LogP contribution in [-0.4, -0.2) is 22.4 Å². The molecule has 112 valence electrons. The molecule has 1 N–H and O–H groups in total. The molecule has 2 aliphatic rings. The van der Waals surface area contributed by atoms with Crippen LogP contribution in [0.2, 0.25) is 0 Å². The molecule has 1 spiro atoms.